The standard InChI is InChI=1S/C13H18FN3O2/c1-15-12-11(14)10(4-5-16-12)13(18)17-7-9-3-2-6-19-8-9/h4-5,9H,2-3,6-8H2,1H3,(H,15,16)(H,17,18). The van der Waals surface area contributed by atoms with Gasteiger partial charge in [-0.2, -0.15) is 0 Å². The van der Waals surface area contributed by atoms with Gasteiger partial charge in [0, 0.05) is 26.4 Å². The van der Waals surface area contributed by atoms with Gasteiger partial charge in [-0.3, -0.25) is 4.79 Å². The Labute approximate surface area is 111 Å². The molecule has 1 fully saturated rings. The van der Waals surface area contributed by atoms with Crippen molar-refractivity contribution < 1.29 is 13.9 Å². The lowest BCUT2D eigenvalue weighted by Gasteiger charge is -2.22. The van der Waals surface area contributed by atoms with Crippen molar-refractivity contribution in [3.63, 3.8) is 0 Å². The SMILES string of the molecule is CNc1nccc(C(=O)NCC2CCCOC2)c1F. The first-order valence-corrected chi connectivity index (χ1v) is 6.40. The van der Waals surface area contributed by atoms with Crippen molar-refractivity contribution in [3.8, 4) is 0 Å². The fourth-order valence-corrected chi connectivity index (χ4v) is 2.09. The number of hydrogen-bond acceptors (Lipinski definition) is 4. The number of pyridine rings is 1. The van der Waals surface area contributed by atoms with Crippen molar-refractivity contribution in [2.24, 2.45) is 5.92 Å². The van der Waals surface area contributed by atoms with Gasteiger partial charge in [-0.05, 0) is 24.8 Å². The molecule has 19 heavy (non-hydrogen) atoms. The Hall–Kier alpha value is -1.69. The molecule has 0 aromatic carbocycles. The number of carbonyl (C=O) groups is 1. The van der Waals surface area contributed by atoms with E-state index >= 15 is 0 Å². The molecule has 0 bridgehead atoms. The van der Waals surface area contributed by atoms with Crippen LogP contribution in [0.3, 0.4) is 0 Å². The van der Waals surface area contributed by atoms with E-state index in [0.717, 1.165) is 19.4 Å². The van der Waals surface area contributed by atoms with E-state index in [-0.39, 0.29) is 11.4 Å². The lowest BCUT2D eigenvalue weighted by Crippen LogP contribution is -2.33. The molecule has 2 N–H and O–H groups in total. The van der Waals surface area contributed by atoms with Gasteiger partial charge in [0.15, 0.2) is 11.6 Å². The fraction of sp³-hybridized carbons (Fsp3) is 0.538. The first kappa shape index (κ1) is 13.7. The van der Waals surface area contributed by atoms with Crippen molar-refractivity contribution >= 4 is 11.7 Å². The van der Waals surface area contributed by atoms with Crippen LogP contribution in [0, 0.1) is 11.7 Å². The van der Waals surface area contributed by atoms with E-state index in [1.54, 1.807) is 7.05 Å². The highest BCUT2D eigenvalue weighted by molar-refractivity contribution is 5.95. The Morgan fingerprint density at radius 3 is 3.16 bits per heavy atom. The van der Waals surface area contributed by atoms with Crippen LogP contribution in [-0.4, -0.2) is 37.7 Å². The van der Waals surface area contributed by atoms with Crippen LogP contribution in [0.4, 0.5) is 10.2 Å². The number of amides is 1. The Morgan fingerprint density at radius 2 is 2.47 bits per heavy atom. The topological polar surface area (TPSA) is 63.2 Å². The summed E-state index contributed by atoms with van der Waals surface area (Å²) in [5.41, 5.74) is 0.0103. The van der Waals surface area contributed by atoms with Crippen LogP contribution < -0.4 is 10.6 Å². The largest absolute Gasteiger partial charge is 0.381 e. The molecule has 5 nitrogen and oxygen atoms in total. The third kappa shape index (κ3) is 3.41. The van der Waals surface area contributed by atoms with Gasteiger partial charge in [0.05, 0.1) is 12.2 Å². The van der Waals surface area contributed by atoms with E-state index in [9.17, 15) is 9.18 Å². The molecule has 6 heteroatoms. The molecule has 1 aromatic heterocycles. The predicted octanol–water partition coefficient (Wildman–Crippen LogP) is 1.42. The maximum Gasteiger partial charge on any atom is 0.254 e. The second-order valence-electron chi connectivity index (χ2n) is 4.56. The molecule has 1 unspecified atom stereocenters. The van der Waals surface area contributed by atoms with Crippen LogP contribution in [0.5, 0.6) is 0 Å². The van der Waals surface area contributed by atoms with E-state index in [4.69, 9.17) is 4.74 Å². The van der Waals surface area contributed by atoms with E-state index in [2.05, 4.69) is 15.6 Å². The maximum atomic E-state index is 13.9. The summed E-state index contributed by atoms with van der Waals surface area (Å²) >= 11 is 0. The third-order valence-corrected chi connectivity index (χ3v) is 3.18. The second-order valence-corrected chi connectivity index (χ2v) is 4.56. The van der Waals surface area contributed by atoms with Gasteiger partial charge < -0.3 is 15.4 Å². The molecule has 1 saturated heterocycles. The number of nitrogens with zero attached hydrogens (tertiary/aromatic N) is 1. The van der Waals surface area contributed by atoms with Crippen LogP contribution in [-0.2, 0) is 4.74 Å². The third-order valence-electron chi connectivity index (χ3n) is 3.18. The summed E-state index contributed by atoms with van der Waals surface area (Å²) < 4.78 is 19.2. The molecule has 0 saturated carbocycles. The number of nitrogens with one attached hydrogen (secondary N) is 2. The number of halogens is 1. The first-order valence-electron chi connectivity index (χ1n) is 6.40. The van der Waals surface area contributed by atoms with Crippen molar-refractivity contribution in [2.45, 2.75) is 12.8 Å². The van der Waals surface area contributed by atoms with Gasteiger partial charge in [-0.1, -0.05) is 0 Å². The number of carbonyl (C=O) groups excluding carboxylic acids is 1. The summed E-state index contributed by atoms with van der Waals surface area (Å²) in [6.45, 7) is 1.95. The summed E-state index contributed by atoms with van der Waals surface area (Å²) in [5, 5.41) is 5.36. The minimum absolute atomic E-state index is 0.0103. The van der Waals surface area contributed by atoms with Gasteiger partial charge in [0.1, 0.15) is 0 Å². The van der Waals surface area contributed by atoms with Gasteiger partial charge in [-0.15, -0.1) is 0 Å². The van der Waals surface area contributed by atoms with E-state index < -0.39 is 11.7 Å². The second kappa shape index (κ2) is 6.47. The summed E-state index contributed by atoms with van der Waals surface area (Å²) in [4.78, 5) is 15.7. The molecule has 0 spiro atoms. The first-order chi connectivity index (χ1) is 9.22. The molecule has 2 rings (SSSR count). The van der Waals surface area contributed by atoms with Gasteiger partial charge >= 0.3 is 0 Å². The zero-order chi connectivity index (χ0) is 13.7. The number of anilines is 1. The van der Waals surface area contributed by atoms with Crippen LogP contribution >= 0.6 is 0 Å². The summed E-state index contributed by atoms with van der Waals surface area (Å²) in [7, 11) is 1.56. The van der Waals surface area contributed by atoms with Crippen LogP contribution in [0.15, 0.2) is 12.3 Å². The molecular formula is C13H18FN3O2. The van der Waals surface area contributed by atoms with Gasteiger partial charge in [-0.25, -0.2) is 9.37 Å². The highest BCUT2D eigenvalue weighted by Gasteiger charge is 2.18. The zero-order valence-electron chi connectivity index (χ0n) is 10.9. The summed E-state index contributed by atoms with van der Waals surface area (Å²) in [6.07, 6.45) is 3.45. The monoisotopic (exact) mass is 267 g/mol. The molecule has 2 heterocycles. The molecule has 1 aromatic rings. The Morgan fingerprint density at radius 1 is 1.63 bits per heavy atom. The summed E-state index contributed by atoms with van der Waals surface area (Å²) in [6, 6.07) is 1.38. The number of aromatic nitrogens is 1. The molecule has 0 radical (unpaired) electrons. The van der Waals surface area contributed by atoms with Crippen molar-refractivity contribution in [1.29, 1.82) is 0 Å². The van der Waals surface area contributed by atoms with Gasteiger partial charge in [0.25, 0.3) is 5.91 Å². The smallest absolute Gasteiger partial charge is 0.254 e. The normalized spacial score (nSPS) is 18.9. The van der Waals surface area contributed by atoms with E-state index in [0.29, 0.717) is 19.1 Å². The molecule has 0 aliphatic carbocycles. The van der Waals surface area contributed by atoms with Gasteiger partial charge in [0.2, 0.25) is 0 Å². The van der Waals surface area contributed by atoms with E-state index in [1.807, 2.05) is 0 Å². The molecular weight excluding hydrogens is 249 g/mol. The highest BCUT2D eigenvalue weighted by atomic mass is 19.1. The fourth-order valence-electron chi connectivity index (χ4n) is 2.09. The molecule has 1 aliphatic rings. The minimum atomic E-state index is -0.623. The molecule has 1 atom stereocenters. The molecule has 1 aliphatic heterocycles. The highest BCUT2D eigenvalue weighted by Crippen LogP contribution is 2.15. The van der Waals surface area contributed by atoms with Crippen LogP contribution in [0.1, 0.15) is 23.2 Å². The van der Waals surface area contributed by atoms with Crippen LogP contribution in [0.2, 0.25) is 0 Å². The van der Waals surface area contributed by atoms with E-state index in [1.165, 1.54) is 12.3 Å². The number of rotatable bonds is 4. The average Bonchev–Trinajstić information content (AvgIpc) is 2.46. The lowest BCUT2D eigenvalue weighted by molar-refractivity contribution is 0.0536. The number of ether oxygens (including phenoxy) is 1. The number of hydrogen-bond donors (Lipinski definition) is 2. The zero-order valence-corrected chi connectivity index (χ0v) is 10.9. The minimum Gasteiger partial charge on any atom is -0.381 e. The maximum absolute atomic E-state index is 13.9. The predicted molar refractivity (Wildman–Crippen MR) is 69.6 cm³/mol. The lowest BCUT2D eigenvalue weighted by atomic mass is 10.0. The summed E-state index contributed by atoms with van der Waals surface area (Å²) in [5.74, 6) is -0.649. The van der Waals surface area contributed by atoms with Crippen molar-refractivity contribution in [1.82, 2.24) is 10.3 Å². The quantitative estimate of drug-likeness (QED) is 0.866. The Kier molecular flexibility index (Phi) is 4.68. The average molecular weight is 267 g/mol. The van der Waals surface area contributed by atoms with Crippen LogP contribution in [0.25, 0.3) is 0 Å². The Balaban J connectivity index is 1.95. The van der Waals surface area contributed by atoms with Crippen molar-refractivity contribution in [3.05, 3.63) is 23.6 Å². The Bertz CT molecular complexity index is 448. The molecule has 104 valence electrons. The van der Waals surface area contributed by atoms with Crippen molar-refractivity contribution in [2.75, 3.05) is 32.1 Å². The molecule has 1 amide bonds.